The number of ether oxygens (including phenoxy) is 2. The second-order valence-electron chi connectivity index (χ2n) is 7.86. The lowest BCUT2D eigenvalue weighted by molar-refractivity contribution is 0.106. The molecule has 1 saturated heterocycles. The number of hydrogen-bond acceptors (Lipinski definition) is 8. The summed E-state index contributed by atoms with van der Waals surface area (Å²) >= 11 is 0. The molecule has 1 aromatic carbocycles. The molecule has 0 saturated carbocycles. The van der Waals surface area contributed by atoms with Crippen molar-refractivity contribution in [2.75, 3.05) is 53.0 Å². The third-order valence-corrected chi connectivity index (χ3v) is 5.98. The highest BCUT2D eigenvalue weighted by Crippen LogP contribution is 2.28. The summed E-state index contributed by atoms with van der Waals surface area (Å²) in [6.45, 7) is 10.2. The number of fused-ring (bicyclic) bond motifs is 1. The molecule has 0 unspecified atom stereocenters. The van der Waals surface area contributed by atoms with Gasteiger partial charge in [-0.2, -0.15) is 0 Å². The van der Waals surface area contributed by atoms with Gasteiger partial charge in [-0.15, -0.1) is 5.10 Å². The van der Waals surface area contributed by atoms with E-state index in [-0.39, 0.29) is 11.6 Å². The molecule has 2 aromatic heterocycles. The van der Waals surface area contributed by atoms with Crippen LogP contribution < -0.4 is 10.3 Å². The summed E-state index contributed by atoms with van der Waals surface area (Å²) in [6.07, 6.45) is 0. The molecule has 10 nitrogen and oxygen atoms in total. The van der Waals surface area contributed by atoms with Crippen molar-refractivity contribution in [1.82, 2.24) is 35.0 Å². The van der Waals surface area contributed by atoms with E-state index in [2.05, 4.69) is 37.2 Å². The van der Waals surface area contributed by atoms with E-state index in [9.17, 15) is 4.79 Å². The van der Waals surface area contributed by atoms with Gasteiger partial charge in [-0.25, -0.2) is 4.68 Å². The van der Waals surface area contributed by atoms with E-state index in [0.29, 0.717) is 31.1 Å². The van der Waals surface area contributed by atoms with Crippen LogP contribution in [0.25, 0.3) is 10.9 Å². The lowest BCUT2D eigenvalue weighted by Gasteiger charge is -2.38. The van der Waals surface area contributed by atoms with Crippen LogP contribution in [0.5, 0.6) is 5.75 Å². The van der Waals surface area contributed by atoms with E-state index >= 15 is 0 Å². The summed E-state index contributed by atoms with van der Waals surface area (Å²) in [4.78, 5) is 21.0. The molecule has 1 atom stereocenters. The minimum atomic E-state index is -0.357. The number of nitrogens with one attached hydrogen (secondary N) is 1. The van der Waals surface area contributed by atoms with Gasteiger partial charge in [0, 0.05) is 49.8 Å². The molecule has 4 rings (SSSR count). The Kier molecular flexibility index (Phi) is 7.13. The Labute approximate surface area is 187 Å². The minimum absolute atomic E-state index is 0.133. The lowest BCUT2D eigenvalue weighted by atomic mass is 10.0. The van der Waals surface area contributed by atoms with Crippen molar-refractivity contribution in [3.63, 3.8) is 0 Å². The van der Waals surface area contributed by atoms with Gasteiger partial charge in [0.05, 0.1) is 19.8 Å². The number of rotatable bonds is 9. The maximum atomic E-state index is 13.2. The molecular formula is C22H31N7O3. The average molecular weight is 442 g/mol. The Morgan fingerprint density at radius 2 is 1.97 bits per heavy atom. The molecule has 1 fully saturated rings. The zero-order valence-corrected chi connectivity index (χ0v) is 19.0. The van der Waals surface area contributed by atoms with Crippen LogP contribution in [0.4, 0.5) is 0 Å². The number of nitrogens with zero attached hydrogens (tertiary/aromatic N) is 6. The zero-order valence-electron chi connectivity index (χ0n) is 19.0. The first-order chi connectivity index (χ1) is 15.6. The number of pyridine rings is 1. The number of methoxy groups -OCH3 is 1. The van der Waals surface area contributed by atoms with Crippen LogP contribution in [-0.2, 0) is 11.3 Å². The topological polar surface area (TPSA) is 101 Å². The maximum absolute atomic E-state index is 13.2. The van der Waals surface area contributed by atoms with Gasteiger partial charge in [-0.05, 0) is 48.2 Å². The molecule has 0 aliphatic carbocycles. The molecular weight excluding hydrogens is 410 g/mol. The van der Waals surface area contributed by atoms with Crippen molar-refractivity contribution in [1.29, 1.82) is 0 Å². The second-order valence-corrected chi connectivity index (χ2v) is 7.86. The fourth-order valence-corrected chi connectivity index (χ4v) is 4.24. The number of aromatic amines is 1. The molecule has 1 N–H and O–H groups in total. The van der Waals surface area contributed by atoms with Gasteiger partial charge in [0.2, 0.25) is 0 Å². The largest absolute Gasteiger partial charge is 0.494 e. The second kappa shape index (κ2) is 10.2. The molecule has 172 valence electrons. The standard InChI is InChI=1S/C22H31N7O3/c1-4-27-8-10-28(11-9-27)20(21-24-25-26-29(21)12-13-31-3)18-15-16-14-17(32-5-2)6-7-19(16)23-22(18)30/h6-7,14-15,20H,4-5,8-13H2,1-3H3,(H,23,30)/t20-/m0/s1. The van der Waals surface area contributed by atoms with Gasteiger partial charge in [0.15, 0.2) is 5.82 Å². The number of aromatic nitrogens is 5. The SMILES string of the molecule is CCOc1ccc2[nH]c(=O)c([C@@H](c3nnnn3CCOC)N3CCN(CC)CC3)cc2c1. The number of H-pyrrole nitrogens is 1. The van der Waals surface area contributed by atoms with Gasteiger partial charge < -0.3 is 19.4 Å². The van der Waals surface area contributed by atoms with Crippen molar-refractivity contribution in [2.45, 2.75) is 26.4 Å². The van der Waals surface area contributed by atoms with Crippen LogP contribution in [-0.4, -0.2) is 88.0 Å². The van der Waals surface area contributed by atoms with Crippen molar-refractivity contribution < 1.29 is 9.47 Å². The maximum Gasteiger partial charge on any atom is 0.253 e. The first-order valence-corrected chi connectivity index (χ1v) is 11.2. The highest BCUT2D eigenvalue weighted by molar-refractivity contribution is 5.80. The van der Waals surface area contributed by atoms with Gasteiger partial charge >= 0.3 is 0 Å². The molecule has 32 heavy (non-hydrogen) atoms. The number of hydrogen-bond donors (Lipinski definition) is 1. The van der Waals surface area contributed by atoms with Crippen molar-refractivity contribution in [3.05, 3.63) is 46.0 Å². The van der Waals surface area contributed by atoms with E-state index in [0.717, 1.165) is 49.4 Å². The van der Waals surface area contributed by atoms with Crippen molar-refractivity contribution in [2.24, 2.45) is 0 Å². The number of piperazine rings is 1. The molecule has 3 aromatic rings. The number of tetrazole rings is 1. The summed E-state index contributed by atoms with van der Waals surface area (Å²) in [6, 6.07) is 7.29. The lowest BCUT2D eigenvalue weighted by Crippen LogP contribution is -2.49. The fraction of sp³-hybridized carbons (Fsp3) is 0.545. The van der Waals surface area contributed by atoms with Gasteiger partial charge in [-0.3, -0.25) is 9.69 Å². The molecule has 0 spiro atoms. The van der Waals surface area contributed by atoms with Crippen molar-refractivity contribution >= 4 is 10.9 Å². The van der Waals surface area contributed by atoms with E-state index in [4.69, 9.17) is 9.47 Å². The van der Waals surface area contributed by atoms with E-state index < -0.39 is 0 Å². The van der Waals surface area contributed by atoms with Crippen LogP contribution in [0.2, 0.25) is 0 Å². The number of benzene rings is 1. The fourth-order valence-electron chi connectivity index (χ4n) is 4.24. The van der Waals surface area contributed by atoms with Crippen LogP contribution in [0.3, 0.4) is 0 Å². The summed E-state index contributed by atoms with van der Waals surface area (Å²) in [5, 5.41) is 13.3. The summed E-state index contributed by atoms with van der Waals surface area (Å²) in [7, 11) is 1.65. The molecule has 0 radical (unpaired) electrons. The summed E-state index contributed by atoms with van der Waals surface area (Å²) < 4.78 is 12.6. The van der Waals surface area contributed by atoms with E-state index in [1.54, 1.807) is 11.8 Å². The van der Waals surface area contributed by atoms with Crippen LogP contribution >= 0.6 is 0 Å². The normalized spacial score (nSPS) is 16.5. The van der Waals surface area contributed by atoms with Crippen molar-refractivity contribution in [3.8, 4) is 5.75 Å². The third kappa shape index (κ3) is 4.67. The average Bonchev–Trinajstić information content (AvgIpc) is 3.27. The number of likely N-dealkylation sites (N-methyl/N-ethyl adjacent to an activating group) is 1. The smallest absolute Gasteiger partial charge is 0.253 e. The molecule has 1 aliphatic heterocycles. The van der Waals surface area contributed by atoms with Gasteiger partial charge in [0.1, 0.15) is 11.8 Å². The Morgan fingerprint density at radius 1 is 1.16 bits per heavy atom. The van der Waals surface area contributed by atoms with Gasteiger partial charge in [-0.1, -0.05) is 6.92 Å². The molecule has 3 heterocycles. The first kappa shape index (κ1) is 22.4. The summed E-state index contributed by atoms with van der Waals surface area (Å²) in [5.41, 5.74) is 1.27. The first-order valence-electron chi connectivity index (χ1n) is 11.2. The molecule has 1 aliphatic rings. The Balaban J connectivity index is 1.79. The monoisotopic (exact) mass is 441 g/mol. The van der Waals surface area contributed by atoms with E-state index in [1.165, 1.54) is 0 Å². The Morgan fingerprint density at radius 3 is 2.69 bits per heavy atom. The van der Waals surface area contributed by atoms with Crippen LogP contribution in [0, 0.1) is 0 Å². The third-order valence-electron chi connectivity index (χ3n) is 5.98. The Hall–Kier alpha value is -2.82. The predicted molar refractivity (Wildman–Crippen MR) is 121 cm³/mol. The van der Waals surface area contributed by atoms with Crippen LogP contribution in [0.15, 0.2) is 29.1 Å². The molecule has 0 amide bonds. The molecule has 0 bridgehead atoms. The minimum Gasteiger partial charge on any atom is -0.494 e. The highest BCUT2D eigenvalue weighted by Gasteiger charge is 2.32. The summed E-state index contributed by atoms with van der Waals surface area (Å²) in [5.74, 6) is 1.42. The Bertz CT molecular complexity index is 1090. The predicted octanol–water partition coefficient (Wildman–Crippen LogP) is 1.29. The zero-order chi connectivity index (χ0) is 22.5. The highest BCUT2D eigenvalue weighted by atomic mass is 16.5. The van der Waals surface area contributed by atoms with Gasteiger partial charge in [0.25, 0.3) is 5.56 Å². The van der Waals surface area contributed by atoms with Crippen LogP contribution in [0.1, 0.15) is 31.3 Å². The van der Waals surface area contributed by atoms with E-state index in [1.807, 2.05) is 31.2 Å². The molecule has 10 heteroatoms. The quantitative estimate of drug-likeness (QED) is 0.530.